The number of methoxy groups -OCH3 is 1. The van der Waals surface area contributed by atoms with Crippen LogP contribution in [0, 0.1) is 23.4 Å². The normalized spacial score (nSPS) is 21.5. The van der Waals surface area contributed by atoms with Crippen molar-refractivity contribution >= 4 is 5.91 Å². The lowest BCUT2D eigenvalue weighted by Crippen LogP contribution is -2.40. The summed E-state index contributed by atoms with van der Waals surface area (Å²) in [6.45, 7) is 2.60. The molecule has 8 heteroatoms. The van der Waals surface area contributed by atoms with Crippen molar-refractivity contribution in [1.82, 2.24) is 10.2 Å². The summed E-state index contributed by atoms with van der Waals surface area (Å²) in [4.78, 5) is 14.9. The Hall–Kier alpha value is -2.74. The Bertz CT molecular complexity index is 963. The van der Waals surface area contributed by atoms with E-state index in [0.29, 0.717) is 36.5 Å². The molecule has 2 aliphatic rings. The molecule has 1 aliphatic heterocycles. The van der Waals surface area contributed by atoms with Crippen LogP contribution in [0.1, 0.15) is 55.3 Å². The first kappa shape index (κ1) is 25.4. The molecular weight excluding hydrogens is 457 g/mol. The van der Waals surface area contributed by atoms with Gasteiger partial charge in [0.15, 0.2) is 17.4 Å². The van der Waals surface area contributed by atoms with Gasteiger partial charge in [-0.3, -0.25) is 4.79 Å². The summed E-state index contributed by atoms with van der Waals surface area (Å²) in [6.07, 6.45) is 6.35. The van der Waals surface area contributed by atoms with Gasteiger partial charge in [0.05, 0.1) is 7.11 Å². The van der Waals surface area contributed by atoms with Gasteiger partial charge in [-0.1, -0.05) is 0 Å². The van der Waals surface area contributed by atoms with Crippen molar-refractivity contribution in [2.24, 2.45) is 5.92 Å². The van der Waals surface area contributed by atoms with Gasteiger partial charge in [-0.05, 0) is 81.7 Å². The van der Waals surface area contributed by atoms with Gasteiger partial charge in [0.25, 0.3) is 5.91 Å². The molecule has 0 radical (unpaired) electrons. The van der Waals surface area contributed by atoms with Crippen LogP contribution in [0.4, 0.5) is 13.2 Å². The van der Waals surface area contributed by atoms with E-state index in [0.717, 1.165) is 57.5 Å². The first-order valence-corrected chi connectivity index (χ1v) is 12.4. The third-order valence-electron chi connectivity index (χ3n) is 7.17. The Kier molecular flexibility index (Phi) is 8.55. The molecule has 1 heterocycles. The molecule has 0 aromatic heterocycles. The Balaban J connectivity index is 1.13. The minimum absolute atomic E-state index is 0.0402. The first-order chi connectivity index (χ1) is 16.9. The molecule has 0 bridgehead atoms. The Labute approximate surface area is 204 Å². The Morgan fingerprint density at radius 2 is 1.60 bits per heavy atom. The van der Waals surface area contributed by atoms with E-state index in [-0.39, 0.29) is 18.1 Å². The van der Waals surface area contributed by atoms with Gasteiger partial charge in [0.2, 0.25) is 0 Å². The highest BCUT2D eigenvalue weighted by Gasteiger charge is 2.26. The van der Waals surface area contributed by atoms with Crippen molar-refractivity contribution in [3.63, 3.8) is 0 Å². The molecule has 2 fully saturated rings. The lowest BCUT2D eigenvalue weighted by Gasteiger charge is -2.34. The van der Waals surface area contributed by atoms with Crippen LogP contribution in [0.3, 0.4) is 0 Å². The SMILES string of the molecule is COc1ccc(C(=O)NC2CCC(CCN3CCC(Oc4c(F)cc(F)cc4F)CC3)CC2)cc1. The lowest BCUT2D eigenvalue weighted by molar-refractivity contribution is 0.0866. The number of amides is 1. The average molecular weight is 491 g/mol. The van der Waals surface area contributed by atoms with Crippen molar-refractivity contribution in [1.29, 1.82) is 0 Å². The average Bonchev–Trinajstić information content (AvgIpc) is 2.86. The highest BCUT2D eigenvalue weighted by Crippen LogP contribution is 2.29. The molecule has 35 heavy (non-hydrogen) atoms. The molecule has 1 amide bonds. The maximum atomic E-state index is 13.8. The fraction of sp³-hybridized carbons (Fsp3) is 0.519. The second kappa shape index (κ2) is 11.8. The second-order valence-corrected chi connectivity index (χ2v) is 9.57. The van der Waals surface area contributed by atoms with Crippen LogP contribution in [0.5, 0.6) is 11.5 Å². The number of hydrogen-bond donors (Lipinski definition) is 1. The van der Waals surface area contributed by atoms with Gasteiger partial charge in [-0.2, -0.15) is 0 Å². The van der Waals surface area contributed by atoms with Gasteiger partial charge in [-0.15, -0.1) is 0 Å². The van der Waals surface area contributed by atoms with Crippen LogP contribution in [0.15, 0.2) is 36.4 Å². The molecular formula is C27H33F3N2O3. The molecule has 0 atom stereocenters. The summed E-state index contributed by atoms with van der Waals surface area (Å²) < 4.78 is 51.4. The number of nitrogens with one attached hydrogen (secondary N) is 1. The number of hydrogen-bond acceptors (Lipinski definition) is 4. The summed E-state index contributed by atoms with van der Waals surface area (Å²) in [5, 5.41) is 3.16. The molecule has 1 saturated heterocycles. The van der Waals surface area contributed by atoms with Crippen molar-refractivity contribution in [3.05, 3.63) is 59.4 Å². The third-order valence-corrected chi connectivity index (χ3v) is 7.17. The summed E-state index contributed by atoms with van der Waals surface area (Å²) in [6, 6.07) is 8.64. The maximum Gasteiger partial charge on any atom is 0.251 e. The van der Waals surface area contributed by atoms with Crippen molar-refractivity contribution < 1.29 is 27.4 Å². The monoisotopic (exact) mass is 490 g/mol. The highest BCUT2D eigenvalue weighted by molar-refractivity contribution is 5.94. The lowest BCUT2D eigenvalue weighted by atomic mass is 9.84. The number of likely N-dealkylation sites (tertiary alicyclic amines) is 1. The van der Waals surface area contributed by atoms with E-state index < -0.39 is 23.2 Å². The summed E-state index contributed by atoms with van der Waals surface area (Å²) >= 11 is 0. The minimum Gasteiger partial charge on any atom is -0.497 e. The number of carbonyl (C=O) groups excluding carboxylic acids is 1. The first-order valence-electron chi connectivity index (χ1n) is 12.4. The molecule has 1 aliphatic carbocycles. The van der Waals surface area contributed by atoms with Crippen LogP contribution in [0.25, 0.3) is 0 Å². The number of piperidine rings is 1. The number of carbonyl (C=O) groups is 1. The summed E-state index contributed by atoms with van der Waals surface area (Å²) in [5.41, 5.74) is 0.644. The van der Waals surface area contributed by atoms with Crippen molar-refractivity contribution in [3.8, 4) is 11.5 Å². The van der Waals surface area contributed by atoms with E-state index in [1.807, 2.05) is 0 Å². The smallest absolute Gasteiger partial charge is 0.251 e. The molecule has 1 N–H and O–H groups in total. The molecule has 2 aromatic carbocycles. The zero-order valence-corrected chi connectivity index (χ0v) is 20.1. The molecule has 190 valence electrons. The summed E-state index contributed by atoms with van der Waals surface area (Å²) in [7, 11) is 1.60. The van der Waals surface area contributed by atoms with Gasteiger partial charge in [0.1, 0.15) is 17.7 Å². The molecule has 0 unspecified atom stereocenters. The quantitative estimate of drug-likeness (QED) is 0.543. The van der Waals surface area contributed by atoms with Crippen molar-refractivity contribution in [2.75, 3.05) is 26.7 Å². The van der Waals surface area contributed by atoms with E-state index in [2.05, 4.69) is 10.2 Å². The van der Waals surface area contributed by atoms with Crippen LogP contribution < -0.4 is 14.8 Å². The topological polar surface area (TPSA) is 50.8 Å². The number of rotatable bonds is 8. The number of halogens is 3. The zero-order chi connectivity index (χ0) is 24.8. The van der Waals surface area contributed by atoms with Crippen LogP contribution in [0.2, 0.25) is 0 Å². The number of ether oxygens (including phenoxy) is 2. The van der Waals surface area contributed by atoms with Crippen molar-refractivity contribution in [2.45, 2.75) is 57.1 Å². The van der Waals surface area contributed by atoms with Crippen LogP contribution in [-0.2, 0) is 0 Å². The predicted molar refractivity (Wildman–Crippen MR) is 127 cm³/mol. The van der Waals surface area contributed by atoms with E-state index >= 15 is 0 Å². The Morgan fingerprint density at radius 1 is 0.971 bits per heavy atom. The predicted octanol–water partition coefficient (Wildman–Crippen LogP) is 5.33. The molecule has 4 rings (SSSR count). The largest absolute Gasteiger partial charge is 0.497 e. The number of benzene rings is 2. The fourth-order valence-electron chi connectivity index (χ4n) is 5.03. The standard InChI is InChI=1S/C27H33F3N2O3/c1-34-22-8-4-19(5-9-22)27(33)31-21-6-2-18(3-7-21)10-13-32-14-11-23(12-15-32)35-26-24(29)16-20(28)17-25(26)30/h4-5,8-9,16-18,21,23H,2-3,6-7,10-15H2,1H3,(H,31,33). The zero-order valence-electron chi connectivity index (χ0n) is 20.1. The van der Waals surface area contributed by atoms with Gasteiger partial charge < -0.3 is 19.7 Å². The second-order valence-electron chi connectivity index (χ2n) is 9.57. The highest BCUT2D eigenvalue weighted by atomic mass is 19.1. The van der Waals surface area contributed by atoms with E-state index in [4.69, 9.17) is 9.47 Å². The minimum atomic E-state index is -0.999. The maximum absolute atomic E-state index is 13.8. The van der Waals surface area contributed by atoms with E-state index in [9.17, 15) is 18.0 Å². The molecule has 0 spiro atoms. The van der Waals surface area contributed by atoms with Crippen LogP contribution >= 0.6 is 0 Å². The van der Waals surface area contributed by atoms with Gasteiger partial charge >= 0.3 is 0 Å². The molecule has 1 saturated carbocycles. The van der Waals surface area contributed by atoms with E-state index in [1.165, 1.54) is 0 Å². The molecule has 5 nitrogen and oxygen atoms in total. The van der Waals surface area contributed by atoms with Gasteiger partial charge in [0, 0.05) is 36.8 Å². The van der Waals surface area contributed by atoms with Crippen LogP contribution in [-0.4, -0.2) is 49.7 Å². The Morgan fingerprint density at radius 3 is 2.20 bits per heavy atom. The number of nitrogens with zero attached hydrogens (tertiary/aromatic N) is 1. The molecule has 2 aromatic rings. The third kappa shape index (κ3) is 6.90. The summed E-state index contributed by atoms with van der Waals surface area (Å²) in [5.74, 6) is -2.10. The fourth-order valence-corrected chi connectivity index (χ4v) is 5.03. The van der Waals surface area contributed by atoms with E-state index in [1.54, 1.807) is 31.4 Å². The van der Waals surface area contributed by atoms with Gasteiger partial charge in [-0.25, -0.2) is 13.2 Å².